The number of rotatable bonds is 3. The molecule has 0 bridgehead atoms. The van der Waals surface area contributed by atoms with E-state index in [-0.39, 0.29) is 11.9 Å². The lowest BCUT2D eigenvalue weighted by Crippen LogP contribution is -2.66. The number of fused-ring (bicyclic) bond motifs is 1. The van der Waals surface area contributed by atoms with Gasteiger partial charge >= 0.3 is 0 Å². The third-order valence-corrected chi connectivity index (χ3v) is 5.92. The number of anilines is 1. The van der Waals surface area contributed by atoms with Crippen LogP contribution < -0.4 is 4.90 Å². The summed E-state index contributed by atoms with van der Waals surface area (Å²) in [4.78, 5) is 26.7. The second kappa shape index (κ2) is 6.95. The Labute approximate surface area is 169 Å². The van der Waals surface area contributed by atoms with Crippen LogP contribution in [0, 0.1) is 19.8 Å². The van der Waals surface area contributed by atoms with E-state index in [1.807, 2.05) is 36.2 Å². The van der Waals surface area contributed by atoms with Crippen LogP contribution in [0.3, 0.4) is 0 Å². The molecule has 2 aliphatic heterocycles. The summed E-state index contributed by atoms with van der Waals surface area (Å²) >= 11 is 0. The van der Waals surface area contributed by atoms with Crippen molar-refractivity contribution in [2.45, 2.75) is 26.3 Å². The maximum absolute atomic E-state index is 13.4. The summed E-state index contributed by atoms with van der Waals surface area (Å²) in [6, 6.07) is 8.03. The molecule has 0 N–H and O–H groups in total. The second-order valence-electron chi connectivity index (χ2n) is 7.88. The zero-order valence-electron chi connectivity index (χ0n) is 16.6. The predicted octanol–water partition coefficient (Wildman–Crippen LogP) is 2.03. The summed E-state index contributed by atoms with van der Waals surface area (Å²) in [7, 11) is 0. The highest BCUT2D eigenvalue weighted by Crippen LogP contribution is 2.35. The molecule has 0 radical (unpaired) electrons. The van der Waals surface area contributed by atoms with Crippen molar-refractivity contribution in [3.63, 3.8) is 0 Å². The molecule has 0 spiro atoms. The number of likely N-dealkylation sites (tertiary alicyclic amines) is 1. The van der Waals surface area contributed by atoms with Crippen molar-refractivity contribution in [2.24, 2.45) is 5.92 Å². The summed E-state index contributed by atoms with van der Waals surface area (Å²) in [5.41, 5.74) is 2.59. The van der Waals surface area contributed by atoms with E-state index >= 15 is 0 Å². The Morgan fingerprint density at radius 2 is 2.03 bits per heavy atom. The van der Waals surface area contributed by atoms with Crippen molar-refractivity contribution in [1.29, 1.82) is 0 Å². The van der Waals surface area contributed by atoms with Crippen LogP contribution in [0.15, 0.2) is 42.9 Å². The topological polar surface area (TPSA) is 80.0 Å². The number of aryl methyl sites for hydroxylation is 2. The Morgan fingerprint density at radius 1 is 1.14 bits per heavy atom. The molecule has 2 fully saturated rings. The molecule has 5 rings (SSSR count). The molecule has 0 saturated carbocycles. The average molecular weight is 389 g/mol. The Bertz CT molecular complexity index is 1050. The quantitative estimate of drug-likeness (QED) is 0.682. The van der Waals surface area contributed by atoms with Gasteiger partial charge in [0.05, 0.1) is 24.0 Å². The van der Waals surface area contributed by atoms with Gasteiger partial charge in [0.2, 0.25) is 0 Å². The van der Waals surface area contributed by atoms with E-state index in [0.717, 1.165) is 37.6 Å². The van der Waals surface area contributed by atoms with E-state index in [1.165, 1.54) is 5.56 Å². The molecule has 2 atom stereocenters. The number of carbonyl (C=O) groups excluding carboxylic acids is 1. The van der Waals surface area contributed by atoms with Gasteiger partial charge in [-0.05, 0) is 50.1 Å². The summed E-state index contributed by atoms with van der Waals surface area (Å²) in [6.07, 6.45) is 6.23. The average Bonchev–Trinajstić information content (AvgIpc) is 3.23. The minimum absolute atomic E-state index is 0.00306. The molecule has 2 aliphatic rings. The molecule has 5 heterocycles. The number of aromatic nitrogens is 5. The number of hydrogen-bond acceptors (Lipinski definition) is 6. The molecule has 8 nitrogen and oxygen atoms in total. The first kappa shape index (κ1) is 17.8. The Balaban J connectivity index is 1.39. The Hall–Kier alpha value is -3.29. The van der Waals surface area contributed by atoms with Crippen LogP contribution in [-0.2, 0) is 0 Å². The second-order valence-corrected chi connectivity index (χ2v) is 7.88. The molecule has 2 unspecified atom stereocenters. The van der Waals surface area contributed by atoms with Crippen LogP contribution in [0.25, 0.3) is 5.82 Å². The number of pyridine rings is 2. The smallest absolute Gasteiger partial charge is 0.258 e. The van der Waals surface area contributed by atoms with Crippen molar-refractivity contribution in [2.75, 3.05) is 24.5 Å². The molecular weight excluding hydrogens is 366 g/mol. The van der Waals surface area contributed by atoms with E-state index in [4.69, 9.17) is 0 Å². The molecular formula is C21H23N7O. The first-order valence-electron chi connectivity index (χ1n) is 9.93. The van der Waals surface area contributed by atoms with Crippen molar-refractivity contribution in [3.05, 3.63) is 59.7 Å². The van der Waals surface area contributed by atoms with Gasteiger partial charge in [0.15, 0.2) is 5.82 Å². The molecule has 148 valence electrons. The molecule has 3 aromatic heterocycles. The van der Waals surface area contributed by atoms with Crippen molar-refractivity contribution >= 4 is 11.7 Å². The fourth-order valence-electron chi connectivity index (χ4n) is 4.29. The van der Waals surface area contributed by atoms with Crippen LogP contribution >= 0.6 is 0 Å². The van der Waals surface area contributed by atoms with Gasteiger partial charge in [-0.25, -0.2) is 14.6 Å². The monoisotopic (exact) mass is 389 g/mol. The molecule has 1 amide bonds. The highest BCUT2D eigenvalue weighted by atomic mass is 16.2. The minimum atomic E-state index is 0.00306. The third kappa shape index (κ3) is 3.14. The molecule has 3 aromatic rings. The van der Waals surface area contributed by atoms with Gasteiger partial charge in [-0.1, -0.05) is 5.21 Å². The zero-order chi connectivity index (χ0) is 20.0. The Morgan fingerprint density at radius 3 is 2.83 bits per heavy atom. The fourth-order valence-corrected chi connectivity index (χ4v) is 4.29. The largest absolute Gasteiger partial charge is 0.355 e. The van der Waals surface area contributed by atoms with Gasteiger partial charge in [0.25, 0.3) is 5.91 Å². The number of carbonyl (C=O) groups is 1. The van der Waals surface area contributed by atoms with E-state index in [9.17, 15) is 4.79 Å². The van der Waals surface area contributed by atoms with E-state index in [2.05, 4.69) is 38.2 Å². The van der Waals surface area contributed by atoms with Gasteiger partial charge in [-0.2, -0.15) is 0 Å². The molecule has 2 saturated heterocycles. The lowest BCUT2D eigenvalue weighted by molar-refractivity contribution is 0.00776. The van der Waals surface area contributed by atoms with Crippen LogP contribution in [0.5, 0.6) is 0 Å². The predicted molar refractivity (Wildman–Crippen MR) is 108 cm³/mol. The molecule has 0 aromatic carbocycles. The SMILES string of the molecule is Cc1ccnc(N2CCC3CN(C(=O)c4ccc(C)nc4-n4ccnn4)C3C2)c1. The van der Waals surface area contributed by atoms with E-state index in [1.54, 1.807) is 17.1 Å². The first-order chi connectivity index (χ1) is 14.1. The molecule has 8 heteroatoms. The summed E-state index contributed by atoms with van der Waals surface area (Å²) in [5.74, 6) is 2.07. The number of hydrogen-bond donors (Lipinski definition) is 0. The fraction of sp³-hybridized carbons (Fsp3) is 0.381. The number of amides is 1. The van der Waals surface area contributed by atoms with Gasteiger partial charge in [-0.15, -0.1) is 5.10 Å². The number of piperidine rings is 1. The maximum Gasteiger partial charge on any atom is 0.258 e. The first-order valence-corrected chi connectivity index (χ1v) is 9.93. The third-order valence-electron chi connectivity index (χ3n) is 5.92. The molecule has 0 aliphatic carbocycles. The van der Waals surface area contributed by atoms with Gasteiger partial charge < -0.3 is 9.80 Å². The van der Waals surface area contributed by atoms with Crippen LogP contribution in [0.2, 0.25) is 0 Å². The normalized spacial score (nSPS) is 20.9. The van der Waals surface area contributed by atoms with Crippen LogP contribution in [-0.4, -0.2) is 61.4 Å². The standard InChI is InChI=1S/C21H23N7O/c1-14-5-7-22-19(11-14)26-9-6-16-12-27(18(16)13-26)21(29)17-4-3-15(2)24-20(17)28-10-8-23-25-28/h3-5,7-8,10-11,16,18H,6,9,12-13H2,1-2H3. The minimum Gasteiger partial charge on any atom is -0.355 e. The maximum atomic E-state index is 13.4. The van der Waals surface area contributed by atoms with Gasteiger partial charge in [0.1, 0.15) is 5.82 Å². The highest BCUT2D eigenvalue weighted by Gasteiger charge is 2.45. The lowest BCUT2D eigenvalue weighted by atomic mass is 9.81. The number of nitrogens with zero attached hydrogens (tertiary/aromatic N) is 7. The molecule has 29 heavy (non-hydrogen) atoms. The van der Waals surface area contributed by atoms with Crippen molar-refractivity contribution in [1.82, 2.24) is 29.9 Å². The lowest BCUT2D eigenvalue weighted by Gasteiger charge is -2.53. The summed E-state index contributed by atoms with van der Waals surface area (Å²) in [5, 5.41) is 7.89. The Kier molecular flexibility index (Phi) is 4.26. The van der Waals surface area contributed by atoms with E-state index in [0.29, 0.717) is 17.3 Å². The van der Waals surface area contributed by atoms with Crippen molar-refractivity contribution in [3.8, 4) is 5.82 Å². The van der Waals surface area contributed by atoms with Gasteiger partial charge in [0, 0.05) is 37.4 Å². The van der Waals surface area contributed by atoms with E-state index < -0.39 is 0 Å². The van der Waals surface area contributed by atoms with Gasteiger partial charge in [-0.3, -0.25) is 4.79 Å². The summed E-state index contributed by atoms with van der Waals surface area (Å²) < 4.78 is 1.56. The highest BCUT2D eigenvalue weighted by molar-refractivity contribution is 5.98. The summed E-state index contributed by atoms with van der Waals surface area (Å²) in [6.45, 7) is 6.57. The van der Waals surface area contributed by atoms with Crippen LogP contribution in [0.1, 0.15) is 28.0 Å². The zero-order valence-corrected chi connectivity index (χ0v) is 16.6. The van der Waals surface area contributed by atoms with Crippen LogP contribution in [0.4, 0.5) is 5.82 Å². The van der Waals surface area contributed by atoms with Crippen molar-refractivity contribution < 1.29 is 4.79 Å².